The second kappa shape index (κ2) is 11.5. The molecule has 1 saturated carbocycles. The smallest absolute Gasteiger partial charge is 0.338 e. The molecule has 3 amide bonds. The quantitative estimate of drug-likeness (QED) is 0.234. The Hall–Kier alpha value is -3.88. The molecule has 5 rings (SSSR count). The summed E-state index contributed by atoms with van der Waals surface area (Å²) in [6.45, 7) is -0.523. The summed E-state index contributed by atoms with van der Waals surface area (Å²) in [7, 11) is 0. The fourth-order valence-corrected chi connectivity index (χ4v) is 5.35. The van der Waals surface area contributed by atoms with Gasteiger partial charge in [0.25, 0.3) is 5.91 Å². The average molecular weight is 567 g/mol. The molecule has 2 fully saturated rings. The van der Waals surface area contributed by atoms with Crippen molar-refractivity contribution in [1.29, 1.82) is 0 Å². The van der Waals surface area contributed by atoms with E-state index >= 15 is 0 Å². The van der Waals surface area contributed by atoms with Gasteiger partial charge >= 0.3 is 5.97 Å². The number of alkyl halides is 2. The van der Waals surface area contributed by atoms with Crippen LogP contribution in [0.15, 0.2) is 78.9 Å². The molecule has 1 heterocycles. The maximum absolute atomic E-state index is 13.0. The van der Waals surface area contributed by atoms with Crippen molar-refractivity contribution in [2.75, 3.05) is 16.8 Å². The number of ether oxygens (including phenoxy) is 2. The van der Waals surface area contributed by atoms with E-state index in [9.17, 15) is 19.2 Å². The van der Waals surface area contributed by atoms with Gasteiger partial charge in [0.05, 0.1) is 33.8 Å². The van der Waals surface area contributed by atoms with Crippen LogP contribution in [0, 0.1) is 11.8 Å². The average Bonchev–Trinajstić information content (AvgIpc) is 3.17. The zero-order valence-corrected chi connectivity index (χ0v) is 22.1. The van der Waals surface area contributed by atoms with Gasteiger partial charge < -0.3 is 14.8 Å². The summed E-state index contributed by atoms with van der Waals surface area (Å²) in [6.07, 6.45) is 0.641. The van der Waals surface area contributed by atoms with Crippen LogP contribution in [0.25, 0.3) is 0 Å². The van der Waals surface area contributed by atoms with E-state index in [1.54, 1.807) is 36.4 Å². The number of carbonyl (C=O) groups excluding carboxylic acids is 4. The van der Waals surface area contributed by atoms with Crippen molar-refractivity contribution in [3.05, 3.63) is 84.4 Å². The molecule has 0 spiro atoms. The number of carbonyl (C=O) groups is 4. The van der Waals surface area contributed by atoms with Crippen LogP contribution < -0.4 is 15.0 Å². The second-order valence-corrected chi connectivity index (χ2v) is 10.5. The highest BCUT2D eigenvalue weighted by Crippen LogP contribution is 2.43. The molecule has 3 aromatic rings. The summed E-state index contributed by atoms with van der Waals surface area (Å²) >= 11 is 12.5. The van der Waals surface area contributed by atoms with Crippen LogP contribution in [0.5, 0.6) is 11.5 Å². The van der Waals surface area contributed by atoms with E-state index in [0.717, 1.165) is 4.90 Å². The highest BCUT2D eigenvalue weighted by molar-refractivity contribution is 6.31. The van der Waals surface area contributed by atoms with E-state index in [1.807, 2.05) is 30.3 Å². The Labute approximate surface area is 234 Å². The number of para-hydroxylation sites is 1. The van der Waals surface area contributed by atoms with E-state index in [1.165, 1.54) is 12.1 Å². The van der Waals surface area contributed by atoms with Crippen molar-refractivity contribution in [3.8, 4) is 11.5 Å². The molecule has 39 heavy (non-hydrogen) atoms. The number of halogens is 2. The van der Waals surface area contributed by atoms with Gasteiger partial charge in [-0.05, 0) is 67.4 Å². The minimum absolute atomic E-state index is 0.101. The van der Waals surface area contributed by atoms with Crippen LogP contribution in [0.4, 0.5) is 11.4 Å². The van der Waals surface area contributed by atoms with Crippen molar-refractivity contribution < 1.29 is 28.7 Å². The highest BCUT2D eigenvalue weighted by atomic mass is 35.5. The number of esters is 1. The molecule has 10 heteroatoms. The van der Waals surface area contributed by atoms with E-state index in [2.05, 4.69) is 5.32 Å². The number of nitrogens with one attached hydrogen (secondary N) is 1. The van der Waals surface area contributed by atoms with Crippen molar-refractivity contribution in [3.63, 3.8) is 0 Å². The molecular formula is C29H24Cl2N2O6. The van der Waals surface area contributed by atoms with Gasteiger partial charge in [0.15, 0.2) is 6.61 Å². The molecule has 0 unspecified atom stereocenters. The van der Waals surface area contributed by atoms with Gasteiger partial charge in [0.1, 0.15) is 11.5 Å². The third-order valence-corrected chi connectivity index (χ3v) is 7.80. The number of hydrogen-bond donors (Lipinski definition) is 1. The van der Waals surface area contributed by atoms with Gasteiger partial charge in [-0.2, -0.15) is 0 Å². The minimum Gasteiger partial charge on any atom is -0.457 e. The fourth-order valence-electron chi connectivity index (χ4n) is 4.76. The number of hydrogen-bond acceptors (Lipinski definition) is 6. The monoisotopic (exact) mass is 566 g/mol. The van der Waals surface area contributed by atoms with E-state index < -0.39 is 41.1 Å². The summed E-state index contributed by atoms with van der Waals surface area (Å²) in [5.41, 5.74) is 0.862. The summed E-state index contributed by atoms with van der Waals surface area (Å²) in [6, 6.07) is 22.0. The molecule has 200 valence electrons. The normalized spacial score (nSPS) is 22.3. The van der Waals surface area contributed by atoms with Crippen LogP contribution in [-0.4, -0.2) is 41.1 Å². The molecule has 2 aliphatic rings. The highest BCUT2D eigenvalue weighted by Gasteiger charge is 2.52. The largest absolute Gasteiger partial charge is 0.457 e. The van der Waals surface area contributed by atoms with E-state index in [0.29, 0.717) is 30.0 Å². The van der Waals surface area contributed by atoms with Crippen LogP contribution >= 0.6 is 23.2 Å². The number of fused-ring (bicyclic) bond motifs is 1. The Bertz CT molecular complexity index is 1370. The van der Waals surface area contributed by atoms with E-state index in [-0.39, 0.29) is 23.1 Å². The topological polar surface area (TPSA) is 102 Å². The van der Waals surface area contributed by atoms with Crippen molar-refractivity contribution in [1.82, 2.24) is 0 Å². The molecule has 1 aliphatic heterocycles. The first-order chi connectivity index (χ1) is 18.8. The molecule has 0 radical (unpaired) electrons. The maximum Gasteiger partial charge on any atom is 0.338 e. The molecule has 1 N–H and O–H groups in total. The lowest BCUT2D eigenvalue weighted by molar-refractivity contribution is -0.122. The molecule has 1 saturated heterocycles. The van der Waals surface area contributed by atoms with Gasteiger partial charge in [-0.1, -0.05) is 24.3 Å². The SMILES string of the molecule is O=C(COC(=O)c1cccc(N2C(=O)[C@@H]3C[C@@H](Cl)[C@@H](Cl)C[C@H]3C2=O)c1)Nc1ccc(Oc2ccccc2)cc1. The standard InChI is InChI=1S/C29H24Cl2N2O6/c30-24-14-22-23(15-25(24)31)28(36)33(27(22)35)19-6-4-5-17(13-19)29(37)38-16-26(34)32-18-9-11-21(12-10-18)39-20-7-2-1-3-8-20/h1-13,22-25H,14-16H2,(H,32,34)/t22-,23-,24-,25+/m1/s1. The zero-order chi connectivity index (χ0) is 27.5. The predicted molar refractivity (Wildman–Crippen MR) is 146 cm³/mol. The number of anilines is 2. The molecule has 4 atom stereocenters. The second-order valence-electron chi connectivity index (χ2n) is 9.34. The Balaban J connectivity index is 1.17. The molecule has 0 bridgehead atoms. The predicted octanol–water partition coefficient (Wildman–Crippen LogP) is 5.39. The first-order valence-electron chi connectivity index (χ1n) is 12.4. The van der Waals surface area contributed by atoms with E-state index in [4.69, 9.17) is 32.7 Å². The number of amides is 3. The lowest BCUT2D eigenvalue weighted by atomic mass is 9.80. The van der Waals surface area contributed by atoms with Crippen LogP contribution in [0.1, 0.15) is 23.2 Å². The maximum atomic E-state index is 13.0. The molecular weight excluding hydrogens is 543 g/mol. The van der Waals surface area contributed by atoms with Gasteiger partial charge in [0.2, 0.25) is 11.8 Å². The van der Waals surface area contributed by atoms with Crippen molar-refractivity contribution in [2.45, 2.75) is 23.6 Å². The van der Waals surface area contributed by atoms with Crippen molar-refractivity contribution >= 4 is 58.3 Å². The summed E-state index contributed by atoms with van der Waals surface area (Å²) in [4.78, 5) is 52.1. The summed E-state index contributed by atoms with van der Waals surface area (Å²) < 4.78 is 10.9. The Morgan fingerprint density at radius 2 is 1.44 bits per heavy atom. The Morgan fingerprint density at radius 1 is 0.821 bits per heavy atom. The van der Waals surface area contributed by atoms with Gasteiger partial charge in [-0.15, -0.1) is 23.2 Å². The summed E-state index contributed by atoms with van der Waals surface area (Å²) in [5.74, 6) is -1.79. The lowest BCUT2D eigenvalue weighted by Crippen LogP contribution is -2.34. The van der Waals surface area contributed by atoms with Crippen LogP contribution in [0.2, 0.25) is 0 Å². The third kappa shape index (κ3) is 5.92. The lowest BCUT2D eigenvalue weighted by Gasteiger charge is -2.28. The van der Waals surface area contributed by atoms with Crippen molar-refractivity contribution in [2.24, 2.45) is 11.8 Å². The number of imide groups is 1. The van der Waals surface area contributed by atoms with Gasteiger partial charge in [-0.3, -0.25) is 19.3 Å². The first-order valence-corrected chi connectivity index (χ1v) is 13.2. The van der Waals surface area contributed by atoms with Crippen LogP contribution in [0.3, 0.4) is 0 Å². The van der Waals surface area contributed by atoms with Crippen LogP contribution in [-0.2, 0) is 19.1 Å². The number of benzene rings is 3. The fraction of sp³-hybridized carbons (Fsp3) is 0.241. The number of nitrogens with zero attached hydrogens (tertiary/aromatic N) is 1. The molecule has 0 aromatic heterocycles. The third-order valence-electron chi connectivity index (χ3n) is 6.70. The molecule has 8 nitrogen and oxygen atoms in total. The Morgan fingerprint density at radius 3 is 2.08 bits per heavy atom. The minimum atomic E-state index is -0.767. The zero-order valence-electron chi connectivity index (χ0n) is 20.6. The van der Waals surface area contributed by atoms with Gasteiger partial charge in [0, 0.05) is 5.69 Å². The van der Waals surface area contributed by atoms with Gasteiger partial charge in [-0.25, -0.2) is 4.79 Å². The summed E-state index contributed by atoms with van der Waals surface area (Å²) in [5, 5.41) is 1.87. The Kier molecular flexibility index (Phi) is 7.86. The first kappa shape index (κ1) is 26.7. The molecule has 3 aromatic carbocycles. The number of rotatable bonds is 7. The molecule has 1 aliphatic carbocycles.